The second-order valence-electron chi connectivity index (χ2n) is 5.86. The molecular formula is C19H21FN2O5S. The molecule has 7 nitrogen and oxygen atoms in total. The molecular weight excluding hydrogens is 387 g/mol. The molecule has 0 bridgehead atoms. The molecule has 2 atom stereocenters. The lowest BCUT2D eigenvalue weighted by Gasteiger charge is -2.12. The summed E-state index contributed by atoms with van der Waals surface area (Å²) >= 11 is 1.02. The van der Waals surface area contributed by atoms with Crippen LogP contribution in [0.4, 0.5) is 14.9 Å². The number of benzene rings is 1. The van der Waals surface area contributed by atoms with E-state index >= 15 is 0 Å². The lowest BCUT2D eigenvalue weighted by atomic mass is 10.1. The number of thioether (sulfide) groups is 1. The molecule has 1 aromatic carbocycles. The Hall–Kier alpha value is -2.65. The standard InChI is InChI=1S/C19H21FN2O5S/c1-3-7-26-18(24)14-9-12(5-6-15(14)20)22-17(23)16-10-13(11-21-16)28-19(25)27-8-4-2/h3-6,9,13,16,21H,1-2,7-8,10-11H2,(H,22,23)/t13-,16-/m0/s1. The number of ether oxygens (including phenoxy) is 2. The van der Waals surface area contributed by atoms with Crippen LogP contribution in [0.5, 0.6) is 0 Å². The summed E-state index contributed by atoms with van der Waals surface area (Å²) in [6, 6.07) is 3.12. The topological polar surface area (TPSA) is 93.7 Å². The molecule has 1 fully saturated rings. The maximum atomic E-state index is 13.8. The molecule has 0 spiro atoms. The van der Waals surface area contributed by atoms with Gasteiger partial charge in [-0.1, -0.05) is 25.3 Å². The van der Waals surface area contributed by atoms with Gasteiger partial charge in [-0.15, -0.1) is 0 Å². The van der Waals surface area contributed by atoms with Crippen LogP contribution in [0, 0.1) is 5.82 Å². The van der Waals surface area contributed by atoms with Crippen LogP contribution in [-0.2, 0) is 14.3 Å². The highest BCUT2D eigenvalue weighted by atomic mass is 32.2. The van der Waals surface area contributed by atoms with E-state index in [1.165, 1.54) is 24.3 Å². The fourth-order valence-corrected chi connectivity index (χ4v) is 3.37. The molecule has 0 radical (unpaired) electrons. The van der Waals surface area contributed by atoms with E-state index in [-0.39, 0.29) is 35.6 Å². The highest BCUT2D eigenvalue weighted by molar-refractivity contribution is 8.13. The van der Waals surface area contributed by atoms with Gasteiger partial charge in [-0.05, 0) is 36.4 Å². The molecule has 0 aliphatic carbocycles. The molecule has 150 valence electrons. The number of hydrogen-bond acceptors (Lipinski definition) is 7. The van der Waals surface area contributed by atoms with E-state index in [4.69, 9.17) is 9.47 Å². The number of amides is 1. The molecule has 1 heterocycles. The Balaban J connectivity index is 1.92. The number of anilines is 1. The van der Waals surface area contributed by atoms with Crippen molar-refractivity contribution >= 4 is 34.6 Å². The number of carbonyl (C=O) groups excluding carboxylic acids is 3. The van der Waals surface area contributed by atoms with Gasteiger partial charge >= 0.3 is 11.3 Å². The van der Waals surface area contributed by atoms with Crippen molar-refractivity contribution in [1.82, 2.24) is 5.32 Å². The largest absolute Gasteiger partial charge is 0.458 e. The molecule has 0 saturated carbocycles. The second kappa shape index (κ2) is 10.6. The Bertz CT molecular complexity index is 771. The lowest BCUT2D eigenvalue weighted by molar-refractivity contribution is -0.117. The minimum atomic E-state index is -0.845. The third-order valence-corrected chi connectivity index (χ3v) is 4.78. The first-order chi connectivity index (χ1) is 13.4. The maximum Gasteiger partial charge on any atom is 0.367 e. The smallest absolute Gasteiger partial charge is 0.367 e. The molecule has 1 aromatic rings. The van der Waals surface area contributed by atoms with Gasteiger partial charge in [0.2, 0.25) is 5.91 Å². The van der Waals surface area contributed by atoms with Gasteiger partial charge in [0.25, 0.3) is 0 Å². The summed E-state index contributed by atoms with van der Waals surface area (Å²) in [5.41, 5.74) is -0.0160. The summed E-state index contributed by atoms with van der Waals surface area (Å²) < 4.78 is 23.6. The average Bonchev–Trinajstić information content (AvgIpc) is 3.14. The van der Waals surface area contributed by atoms with Crippen molar-refractivity contribution in [1.29, 1.82) is 0 Å². The number of rotatable bonds is 8. The zero-order valence-corrected chi connectivity index (χ0v) is 15.9. The summed E-state index contributed by atoms with van der Waals surface area (Å²) in [6.45, 7) is 7.44. The minimum absolute atomic E-state index is 0.0465. The van der Waals surface area contributed by atoms with Crippen LogP contribution in [-0.4, -0.2) is 48.2 Å². The predicted molar refractivity (Wildman–Crippen MR) is 105 cm³/mol. The van der Waals surface area contributed by atoms with Crippen molar-refractivity contribution in [2.24, 2.45) is 0 Å². The Morgan fingerprint density at radius 3 is 2.68 bits per heavy atom. The van der Waals surface area contributed by atoms with Gasteiger partial charge in [0.15, 0.2) is 0 Å². The molecule has 1 amide bonds. The summed E-state index contributed by atoms with van der Waals surface area (Å²) in [6.07, 6.45) is 3.27. The Morgan fingerprint density at radius 2 is 1.96 bits per heavy atom. The predicted octanol–water partition coefficient (Wildman–Crippen LogP) is 2.89. The van der Waals surface area contributed by atoms with Crippen molar-refractivity contribution in [3.63, 3.8) is 0 Å². The summed E-state index contributed by atoms with van der Waals surface area (Å²) in [7, 11) is 0. The lowest BCUT2D eigenvalue weighted by Crippen LogP contribution is -2.35. The molecule has 1 aliphatic rings. The number of hydrogen-bond donors (Lipinski definition) is 2. The quantitative estimate of drug-likeness (QED) is 0.505. The average molecular weight is 408 g/mol. The number of esters is 1. The van der Waals surface area contributed by atoms with Crippen LogP contribution in [0.2, 0.25) is 0 Å². The highest BCUT2D eigenvalue weighted by Gasteiger charge is 2.31. The van der Waals surface area contributed by atoms with Gasteiger partial charge in [0, 0.05) is 17.5 Å². The van der Waals surface area contributed by atoms with Crippen LogP contribution in [0.15, 0.2) is 43.5 Å². The zero-order chi connectivity index (χ0) is 20.5. The van der Waals surface area contributed by atoms with Crippen molar-refractivity contribution in [2.45, 2.75) is 17.7 Å². The molecule has 2 rings (SSSR count). The van der Waals surface area contributed by atoms with E-state index < -0.39 is 23.1 Å². The molecule has 28 heavy (non-hydrogen) atoms. The van der Waals surface area contributed by atoms with E-state index in [0.29, 0.717) is 13.0 Å². The minimum Gasteiger partial charge on any atom is -0.458 e. The van der Waals surface area contributed by atoms with Gasteiger partial charge in [-0.2, -0.15) is 0 Å². The fraction of sp³-hybridized carbons (Fsp3) is 0.316. The van der Waals surface area contributed by atoms with E-state index in [1.807, 2.05) is 0 Å². The van der Waals surface area contributed by atoms with Crippen LogP contribution < -0.4 is 10.6 Å². The summed E-state index contributed by atoms with van der Waals surface area (Å²) in [5.74, 6) is -1.94. The van der Waals surface area contributed by atoms with Gasteiger partial charge in [-0.25, -0.2) is 14.0 Å². The van der Waals surface area contributed by atoms with Gasteiger partial charge in [0.1, 0.15) is 19.0 Å². The Kier molecular flexibility index (Phi) is 8.21. The van der Waals surface area contributed by atoms with Crippen LogP contribution in [0.3, 0.4) is 0 Å². The van der Waals surface area contributed by atoms with E-state index in [9.17, 15) is 18.8 Å². The third-order valence-electron chi connectivity index (χ3n) is 3.78. The molecule has 9 heteroatoms. The monoisotopic (exact) mass is 408 g/mol. The van der Waals surface area contributed by atoms with E-state index in [2.05, 4.69) is 23.8 Å². The third kappa shape index (κ3) is 6.21. The summed E-state index contributed by atoms with van der Waals surface area (Å²) in [4.78, 5) is 35.9. The number of halogens is 1. The fourth-order valence-electron chi connectivity index (χ4n) is 2.49. The van der Waals surface area contributed by atoms with Crippen LogP contribution in [0.1, 0.15) is 16.8 Å². The van der Waals surface area contributed by atoms with Crippen molar-refractivity contribution in [3.05, 3.63) is 54.9 Å². The zero-order valence-electron chi connectivity index (χ0n) is 15.1. The first-order valence-electron chi connectivity index (χ1n) is 8.50. The van der Waals surface area contributed by atoms with Crippen molar-refractivity contribution < 1.29 is 28.2 Å². The van der Waals surface area contributed by atoms with Gasteiger partial charge in [0.05, 0.1) is 11.6 Å². The second-order valence-corrected chi connectivity index (χ2v) is 7.09. The first-order valence-corrected chi connectivity index (χ1v) is 9.38. The Labute approximate surface area is 166 Å². The van der Waals surface area contributed by atoms with E-state index in [0.717, 1.165) is 17.8 Å². The van der Waals surface area contributed by atoms with Crippen LogP contribution >= 0.6 is 11.8 Å². The molecule has 0 unspecified atom stereocenters. The molecule has 1 aliphatic heterocycles. The maximum absolute atomic E-state index is 13.8. The molecule has 2 N–H and O–H groups in total. The number of carbonyl (C=O) groups is 3. The van der Waals surface area contributed by atoms with Crippen molar-refractivity contribution in [3.8, 4) is 0 Å². The van der Waals surface area contributed by atoms with Gasteiger partial charge < -0.3 is 20.1 Å². The summed E-state index contributed by atoms with van der Waals surface area (Å²) in [5, 5.41) is 5.14. The number of nitrogens with one attached hydrogen (secondary N) is 2. The molecule has 0 aromatic heterocycles. The SMILES string of the molecule is C=CCOC(=O)S[C@@H]1CN[C@H](C(=O)Nc2ccc(F)c(C(=O)OCC=C)c2)C1. The Morgan fingerprint density at radius 1 is 1.25 bits per heavy atom. The molecule has 1 saturated heterocycles. The van der Waals surface area contributed by atoms with E-state index in [1.54, 1.807) is 0 Å². The normalized spacial score (nSPS) is 18.2. The van der Waals surface area contributed by atoms with Crippen LogP contribution in [0.25, 0.3) is 0 Å². The van der Waals surface area contributed by atoms with Gasteiger partial charge in [-0.3, -0.25) is 4.79 Å². The highest BCUT2D eigenvalue weighted by Crippen LogP contribution is 2.24. The first kappa shape index (κ1) is 21.6. The van der Waals surface area contributed by atoms with Crippen molar-refractivity contribution in [2.75, 3.05) is 25.1 Å².